The molecule has 0 aliphatic carbocycles. The van der Waals surface area contributed by atoms with E-state index in [0.29, 0.717) is 30.6 Å². The van der Waals surface area contributed by atoms with E-state index in [9.17, 15) is 4.79 Å². The molecule has 1 saturated heterocycles. The summed E-state index contributed by atoms with van der Waals surface area (Å²) in [5, 5.41) is 0.692. The molecule has 2 heterocycles. The number of hydrogen-bond donors (Lipinski definition) is 0. The zero-order chi connectivity index (χ0) is 16.4. The fourth-order valence-electron chi connectivity index (χ4n) is 2.75. The van der Waals surface area contributed by atoms with Crippen LogP contribution in [0.5, 0.6) is 0 Å². The highest BCUT2D eigenvalue weighted by molar-refractivity contribution is 6.30. The first-order valence-corrected chi connectivity index (χ1v) is 7.98. The first kappa shape index (κ1) is 15.7. The fourth-order valence-corrected chi connectivity index (χ4v) is 2.96. The van der Waals surface area contributed by atoms with E-state index in [1.807, 2.05) is 54.0 Å². The molecule has 1 aliphatic heterocycles. The third-order valence-electron chi connectivity index (χ3n) is 3.83. The molecule has 0 radical (unpaired) electrons. The fraction of sp³-hybridized carbons (Fsp3) is 0.353. The van der Waals surface area contributed by atoms with Crippen LogP contribution in [-0.2, 0) is 11.3 Å². The third kappa shape index (κ3) is 3.79. The van der Waals surface area contributed by atoms with Crippen LogP contribution in [0.3, 0.4) is 0 Å². The second-order valence-corrected chi connectivity index (χ2v) is 6.25. The summed E-state index contributed by atoms with van der Waals surface area (Å²) in [4.78, 5) is 25.1. The third-order valence-corrected chi connectivity index (χ3v) is 4.07. The molecule has 6 heteroatoms. The Labute approximate surface area is 140 Å². The first-order chi connectivity index (χ1) is 11.0. The molecule has 120 valence electrons. The Morgan fingerprint density at radius 1 is 1.13 bits per heavy atom. The molecule has 1 fully saturated rings. The minimum atomic E-state index is 0.0824. The van der Waals surface area contributed by atoms with Gasteiger partial charge in [-0.25, -0.2) is 9.97 Å². The molecule has 3 rings (SSSR count). The summed E-state index contributed by atoms with van der Waals surface area (Å²) in [6.45, 7) is 6.16. The molecular formula is C17H19ClN4O. The lowest BCUT2D eigenvalue weighted by molar-refractivity contribution is -0.131. The average Bonchev–Trinajstić information content (AvgIpc) is 2.48. The monoisotopic (exact) mass is 330 g/mol. The highest BCUT2D eigenvalue weighted by atomic mass is 35.5. The predicted octanol–water partition coefficient (Wildman–Crippen LogP) is 2.60. The van der Waals surface area contributed by atoms with E-state index in [2.05, 4.69) is 9.97 Å². The molecule has 0 spiro atoms. The van der Waals surface area contributed by atoms with Crippen LogP contribution in [0.2, 0.25) is 5.02 Å². The van der Waals surface area contributed by atoms with Gasteiger partial charge < -0.3 is 9.80 Å². The van der Waals surface area contributed by atoms with Crippen molar-refractivity contribution < 1.29 is 4.79 Å². The number of aromatic nitrogens is 2. The van der Waals surface area contributed by atoms with Crippen molar-refractivity contribution >= 4 is 23.5 Å². The van der Waals surface area contributed by atoms with Crippen LogP contribution in [0.1, 0.15) is 17.0 Å². The van der Waals surface area contributed by atoms with Crippen molar-refractivity contribution in [3.05, 3.63) is 52.3 Å². The van der Waals surface area contributed by atoms with Gasteiger partial charge in [0.05, 0.1) is 0 Å². The number of piperazine rings is 1. The van der Waals surface area contributed by atoms with Crippen LogP contribution in [0.4, 0.5) is 5.95 Å². The largest absolute Gasteiger partial charge is 0.335 e. The number of carbonyl (C=O) groups is 1. The molecule has 0 N–H and O–H groups in total. The smallest absolute Gasteiger partial charge is 0.242 e. The maximum absolute atomic E-state index is 12.4. The average molecular weight is 331 g/mol. The number of carbonyl (C=O) groups excluding carboxylic acids is 1. The summed E-state index contributed by atoms with van der Waals surface area (Å²) in [6, 6.07) is 9.55. The van der Waals surface area contributed by atoms with E-state index in [1.54, 1.807) is 0 Å². The number of amides is 1. The van der Waals surface area contributed by atoms with Gasteiger partial charge >= 0.3 is 0 Å². The van der Waals surface area contributed by atoms with Gasteiger partial charge in [0, 0.05) is 36.0 Å². The lowest BCUT2D eigenvalue weighted by atomic mass is 10.2. The van der Waals surface area contributed by atoms with Crippen LogP contribution in [0.25, 0.3) is 0 Å². The van der Waals surface area contributed by atoms with Crippen LogP contribution in [-0.4, -0.2) is 40.4 Å². The van der Waals surface area contributed by atoms with E-state index in [0.717, 1.165) is 23.5 Å². The second-order valence-electron chi connectivity index (χ2n) is 5.82. The topological polar surface area (TPSA) is 49.3 Å². The van der Waals surface area contributed by atoms with Gasteiger partial charge in [-0.05, 0) is 37.6 Å². The lowest BCUT2D eigenvalue weighted by Gasteiger charge is -2.34. The number of halogens is 1. The molecular weight excluding hydrogens is 312 g/mol. The van der Waals surface area contributed by atoms with E-state index < -0.39 is 0 Å². The summed E-state index contributed by atoms with van der Waals surface area (Å²) >= 11 is 6.00. The van der Waals surface area contributed by atoms with E-state index in [-0.39, 0.29) is 5.91 Å². The van der Waals surface area contributed by atoms with Crippen LogP contribution < -0.4 is 4.90 Å². The molecule has 1 amide bonds. The summed E-state index contributed by atoms with van der Waals surface area (Å²) < 4.78 is 0. The number of nitrogens with zero attached hydrogens (tertiary/aromatic N) is 4. The van der Waals surface area contributed by atoms with Gasteiger partial charge in [0.2, 0.25) is 11.9 Å². The van der Waals surface area contributed by atoms with Crippen LogP contribution >= 0.6 is 11.6 Å². The molecule has 0 saturated carbocycles. The molecule has 0 unspecified atom stereocenters. The predicted molar refractivity (Wildman–Crippen MR) is 90.6 cm³/mol. The summed E-state index contributed by atoms with van der Waals surface area (Å²) in [5.41, 5.74) is 2.88. The molecule has 1 aromatic heterocycles. The zero-order valence-corrected chi connectivity index (χ0v) is 14.0. The second kappa shape index (κ2) is 6.54. The maximum Gasteiger partial charge on any atom is 0.242 e. The number of benzene rings is 1. The van der Waals surface area contributed by atoms with Gasteiger partial charge in [-0.3, -0.25) is 4.79 Å². The molecule has 5 nitrogen and oxygen atoms in total. The van der Waals surface area contributed by atoms with Crippen molar-refractivity contribution in [3.8, 4) is 0 Å². The Morgan fingerprint density at radius 2 is 1.87 bits per heavy atom. The van der Waals surface area contributed by atoms with Crippen molar-refractivity contribution in [2.45, 2.75) is 20.4 Å². The Balaban J connectivity index is 1.68. The van der Waals surface area contributed by atoms with Gasteiger partial charge in [-0.15, -0.1) is 0 Å². The van der Waals surface area contributed by atoms with Crippen LogP contribution in [0, 0.1) is 13.8 Å². The maximum atomic E-state index is 12.4. The van der Waals surface area contributed by atoms with Gasteiger partial charge in [0.25, 0.3) is 0 Å². The lowest BCUT2D eigenvalue weighted by Crippen LogP contribution is -2.50. The molecule has 1 aromatic carbocycles. The highest BCUT2D eigenvalue weighted by Crippen LogP contribution is 2.17. The molecule has 0 bridgehead atoms. The summed E-state index contributed by atoms with van der Waals surface area (Å²) in [7, 11) is 0. The molecule has 0 atom stereocenters. The van der Waals surface area contributed by atoms with Crippen molar-refractivity contribution in [2.75, 3.05) is 24.5 Å². The van der Waals surface area contributed by atoms with E-state index in [1.165, 1.54) is 0 Å². The van der Waals surface area contributed by atoms with Crippen molar-refractivity contribution in [1.82, 2.24) is 14.9 Å². The van der Waals surface area contributed by atoms with Crippen molar-refractivity contribution in [3.63, 3.8) is 0 Å². The minimum Gasteiger partial charge on any atom is -0.335 e. The summed E-state index contributed by atoms with van der Waals surface area (Å²) in [6.07, 6.45) is 0. The Kier molecular flexibility index (Phi) is 4.48. The quantitative estimate of drug-likeness (QED) is 0.868. The Hall–Kier alpha value is -2.14. The number of hydrogen-bond acceptors (Lipinski definition) is 4. The van der Waals surface area contributed by atoms with Gasteiger partial charge in [-0.1, -0.05) is 23.7 Å². The standard InChI is InChI=1S/C17H19ClN4O/c1-12-8-13(2)20-17(19-12)22-7-6-21(16(23)11-22)10-14-4-3-5-15(18)9-14/h3-5,8-9H,6-7,10-11H2,1-2H3. The minimum absolute atomic E-state index is 0.0824. The van der Waals surface area contributed by atoms with Crippen molar-refractivity contribution in [1.29, 1.82) is 0 Å². The van der Waals surface area contributed by atoms with Gasteiger partial charge in [0.1, 0.15) is 6.54 Å². The first-order valence-electron chi connectivity index (χ1n) is 7.61. The van der Waals surface area contributed by atoms with E-state index >= 15 is 0 Å². The molecule has 2 aromatic rings. The van der Waals surface area contributed by atoms with Gasteiger partial charge in [0.15, 0.2) is 0 Å². The number of anilines is 1. The molecule has 23 heavy (non-hydrogen) atoms. The van der Waals surface area contributed by atoms with Crippen molar-refractivity contribution in [2.24, 2.45) is 0 Å². The number of rotatable bonds is 3. The Morgan fingerprint density at radius 3 is 2.52 bits per heavy atom. The van der Waals surface area contributed by atoms with Crippen LogP contribution in [0.15, 0.2) is 30.3 Å². The zero-order valence-electron chi connectivity index (χ0n) is 13.3. The Bertz CT molecular complexity index is 714. The normalized spacial score (nSPS) is 15.2. The highest BCUT2D eigenvalue weighted by Gasteiger charge is 2.25. The van der Waals surface area contributed by atoms with Gasteiger partial charge in [-0.2, -0.15) is 0 Å². The SMILES string of the molecule is Cc1cc(C)nc(N2CCN(Cc3cccc(Cl)c3)C(=O)C2)n1. The molecule has 1 aliphatic rings. The summed E-state index contributed by atoms with van der Waals surface area (Å²) in [5.74, 6) is 0.720. The van der Waals surface area contributed by atoms with E-state index in [4.69, 9.17) is 11.6 Å². The number of aryl methyl sites for hydroxylation is 2.